The van der Waals surface area contributed by atoms with Crippen molar-refractivity contribution < 1.29 is 31.8 Å². The summed E-state index contributed by atoms with van der Waals surface area (Å²) in [7, 11) is -3.92. The van der Waals surface area contributed by atoms with E-state index in [1.165, 1.54) is 42.5 Å². The fraction of sp³-hybridized carbons (Fsp3) is 0.350. The summed E-state index contributed by atoms with van der Waals surface area (Å²) in [4.78, 5) is 12.0. The smallest absolute Gasteiger partial charge is 0.338 e. The molecule has 3 rings (SSSR count). The monoisotopic (exact) mass is 457 g/mol. The zero-order valence-corrected chi connectivity index (χ0v) is 17.5. The number of benzene rings is 2. The van der Waals surface area contributed by atoms with E-state index in [4.69, 9.17) is 25.8 Å². The second kappa shape index (κ2) is 10.2. The Labute approximate surface area is 179 Å². The molecule has 10 heteroatoms. The predicted molar refractivity (Wildman–Crippen MR) is 108 cm³/mol. The molecule has 2 aromatic carbocycles. The third-order valence-corrected chi connectivity index (χ3v) is 6.29. The molecule has 162 valence electrons. The van der Waals surface area contributed by atoms with E-state index < -0.39 is 16.0 Å². The first-order chi connectivity index (χ1) is 14.3. The Morgan fingerprint density at radius 2 is 1.97 bits per heavy atom. The van der Waals surface area contributed by atoms with Crippen LogP contribution in [0.1, 0.15) is 23.2 Å². The predicted octanol–water partition coefficient (Wildman–Crippen LogP) is 3.17. The summed E-state index contributed by atoms with van der Waals surface area (Å²) in [6.45, 7) is 0.727. The molecule has 1 N–H and O–H groups in total. The average molecular weight is 458 g/mol. The molecule has 0 radical (unpaired) electrons. The number of hydrogen-bond acceptors (Lipinski definition) is 6. The van der Waals surface area contributed by atoms with Crippen LogP contribution in [0.2, 0.25) is 5.02 Å². The third kappa shape index (κ3) is 6.15. The van der Waals surface area contributed by atoms with Crippen molar-refractivity contribution in [1.82, 2.24) is 4.72 Å². The molecule has 0 aliphatic carbocycles. The molecule has 1 saturated heterocycles. The normalized spacial score (nSPS) is 16.4. The number of nitrogens with one attached hydrogen (secondary N) is 1. The van der Waals surface area contributed by atoms with Crippen LogP contribution >= 0.6 is 11.6 Å². The van der Waals surface area contributed by atoms with Crippen LogP contribution in [0.4, 0.5) is 4.39 Å². The van der Waals surface area contributed by atoms with Crippen LogP contribution in [-0.2, 0) is 19.5 Å². The fourth-order valence-electron chi connectivity index (χ4n) is 2.83. The van der Waals surface area contributed by atoms with Gasteiger partial charge in [-0.15, -0.1) is 0 Å². The highest BCUT2D eigenvalue weighted by Gasteiger charge is 2.23. The molecule has 1 unspecified atom stereocenters. The molecule has 1 aliphatic heterocycles. The lowest BCUT2D eigenvalue weighted by Gasteiger charge is -2.13. The number of carbonyl (C=O) groups excluding carboxylic acids is 1. The number of sulfonamides is 1. The Bertz CT molecular complexity index is 977. The molecule has 2 aromatic rings. The second-order valence-corrected chi connectivity index (χ2v) is 8.71. The lowest BCUT2D eigenvalue weighted by Crippen LogP contribution is -2.32. The Balaban J connectivity index is 1.56. The van der Waals surface area contributed by atoms with E-state index in [1.54, 1.807) is 0 Å². The standard InChI is InChI=1S/C20H21ClFNO6S/c21-18-8-3-14(12-19(18)30(25,26)23-13-17-2-1-9-27-17)20(24)29-11-10-28-16-6-4-15(22)5-7-16/h3-8,12,17,23H,1-2,9-11,13H2. The van der Waals surface area contributed by atoms with Crippen molar-refractivity contribution in [2.45, 2.75) is 23.8 Å². The van der Waals surface area contributed by atoms with Crippen molar-refractivity contribution in [1.29, 1.82) is 0 Å². The SMILES string of the molecule is O=C(OCCOc1ccc(F)cc1)c1ccc(Cl)c(S(=O)(=O)NCC2CCCO2)c1. The molecule has 0 aromatic heterocycles. The van der Waals surface area contributed by atoms with E-state index in [1.807, 2.05) is 0 Å². The van der Waals surface area contributed by atoms with Crippen LogP contribution in [0, 0.1) is 5.82 Å². The lowest BCUT2D eigenvalue weighted by molar-refractivity contribution is 0.0450. The molecule has 1 aliphatic rings. The number of hydrogen-bond donors (Lipinski definition) is 1. The van der Waals surface area contributed by atoms with Crippen molar-refractivity contribution in [3.05, 3.63) is 58.9 Å². The molecule has 0 saturated carbocycles. The van der Waals surface area contributed by atoms with Crippen molar-refractivity contribution in [2.75, 3.05) is 26.4 Å². The summed E-state index contributed by atoms with van der Waals surface area (Å²) in [5, 5.41) is -0.00830. The summed E-state index contributed by atoms with van der Waals surface area (Å²) in [5.74, 6) is -0.665. The Morgan fingerprint density at radius 3 is 2.67 bits per heavy atom. The van der Waals surface area contributed by atoms with Gasteiger partial charge in [0.05, 0.1) is 16.7 Å². The molecule has 0 amide bonds. The molecule has 0 bridgehead atoms. The summed E-state index contributed by atoms with van der Waals surface area (Å²) < 4.78 is 56.3. The maximum absolute atomic E-state index is 12.9. The van der Waals surface area contributed by atoms with Gasteiger partial charge in [-0.25, -0.2) is 22.3 Å². The number of ether oxygens (including phenoxy) is 3. The van der Waals surface area contributed by atoms with Gasteiger partial charge in [-0.1, -0.05) is 11.6 Å². The van der Waals surface area contributed by atoms with Gasteiger partial charge in [-0.2, -0.15) is 0 Å². The zero-order valence-electron chi connectivity index (χ0n) is 16.0. The van der Waals surface area contributed by atoms with E-state index in [0.717, 1.165) is 12.8 Å². The summed E-state index contributed by atoms with van der Waals surface area (Å²) in [6.07, 6.45) is 1.50. The highest BCUT2D eigenvalue weighted by atomic mass is 35.5. The van der Waals surface area contributed by atoms with Gasteiger partial charge in [0.25, 0.3) is 0 Å². The fourth-order valence-corrected chi connectivity index (χ4v) is 4.42. The first-order valence-electron chi connectivity index (χ1n) is 9.31. The number of rotatable bonds is 9. The van der Waals surface area contributed by atoms with Crippen molar-refractivity contribution in [2.24, 2.45) is 0 Å². The van der Waals surface area contributed by atoms with E-state index in [-0.39, 0.29) is 47.2 Å². The molecule has 0 spiro atoms. The van der Waals surface area contributed by atoms with Crippen LogP contribution < -0.4 is 9.46 Å². The van der Waals surface area contributed by atoms with Crippen molar-refractivity contribution in [3.8, 4) is 5.75 Å². The third-order valence-electron chi connectivity index (χ3n) is 4.38. The number of halogens is 2. The topological polar surface area (TPSA) is 90.9 Å². The van der Waals surface area contributed by atoms with E-state index >= 15 is 0 Å². The van der Waals surface area contributed by atoms with Crippen molar-refractivity contribution >= 4 is 27.6 Å². The van der Waals surface area contributed by atoms with Crippen LogP contribution in [-0.4, -0.2) is 46.9 Å². The minimum atomic E-state index is -3.92. The molecule has 1 fully saturated rings. The van der Waals surface area contributed by atoms with E-state index in [2.05, 4.69) is 4.72 Å². The number of esters is 1. The Morgan fingerprint density at radius 1 is 1.20 bits per heavy atom. The lowest BCUT2D eigenvalue weighted by atomic mass is 10.2. The van der Waals surface area contributed by atoms with Crippen LogP contribution in [0.25, 0.3) is 0 Å². The van der Waals surface area contributed by atoms with Crippen LogP contribution in [0.15, 0.2) is 47.4 Å². The van der Waals surface area contributed by atoms with Crippen LogP contribution in [0.5, 0.6) is 5.75 Å². The van der Waals surface area contributed by atoms with Gasteiger partial charge >= 0.3 is 5.97 Å². The van der Waals surface area contributed by atoms with Gasteiger partial charge < -0.3 is 14.2 Å². The average Bonchev–Trinajstić information content (AvgIpc) is 3.25. The zero-order chi connectivity index (χ0) is 21.6. The minimum absolute atomic E-state index is 0.00830. The number of carbonyl (C=O) groups is 1. The largest absolute Gasteiger partial charge is 0.490 e. The first kappa shape index (κ1) is 22.5. The van der Waals surface area contributed by atoms with E-state index in [0.29, 0.717) is 12.4 Å². The van der Waals surface area contributed by atoms with Gasteiger partial charge in [0, 0.05) is 13.2 Å². The van der Waals surface area contributed by atoms with Gasteiger partial charge in [0.2, 0.25) is 10.0 Å². The van der Waals surface area contributed by atoms with Crippen LogP contribution in [0.3, 0.4) is 0 Å². The minimum Gasteiger partial charge on any atom is -0.490 e. The summed E-state index contributed by atoms with van der Waals surface area (Å²) >= 11 is 6.04. The second-order valence-electron chi connectivity index (χ2n) is 6.57. The molecular formula is C20H21ClFNO6S. The Hall–Kier alpha value is -2.20. The molecule has 30 heavy (non-hydrogen) atoms. The van der Waals surface area contributed by atoms with Gasteiger partial charge in [0.1, 0.15) is 29.7 Å². The summed E-state index contributed by atoms with van der Waals surface area (Å²) in [5.41, 5.74) is 0.0404. The van der Waals surface area contributed by atoms with Gasteiger partial charge in [0.15, 0.2) is 0 Å². The highest BCUT2D eigenvalue weighted by molar-refractivity contribution is 7.89. The quantitative estimate of drug-likeness (QED) is 0.459. The van der Waals surface area contributed by atoms with E-state index in [9.17, 15) is 17.6 Å². The molecule has 1 atom stereocenters. The maximum Gasteiger partial charge on any atom is 0.338 e. The molecule has 1 heterocycles. The first-order valence-corrected chi connectivity index (χ1v) is 11.2. The van der Waals surface area contributed by atoms with Crippen molar-refractivity contribution in [3.63, 3.8) is 0 Å². The highest BCUT2D eigenvalue weighted by Crippen LogP contribution is 2.23. The molecular weight excluding hydrogens is 437 g/mol. The molecule has 7 nitrogen and oxygen atoms in total. The summed E-state index contributed by atoms with van der Waals surface area (Å²) in [6, 6.07) is 9.30. The van der Waals surface area contributed by atoms with Gasteiger partial charge in [-0.3, -0.25) is 0 Å². The Kier molecular flexibility index (Phi) is 7.65. The maximum atomic E-state index is 12.9. The van der Waals surface area contributed by atoms with Gasteiger partial charge in [-0.05, 0) is 55.3 Å².